The first-order valence-electron chi connectivity index (χ1n) is 10.3. The number of rotatable bonds is 7. The van der Waals surface area contributed by atoms with Crippen LogP contribution in [0.2, 0.25) is 0 Å². The minimum Gasteiger partial charge on any atom is -0.616 e. The minimum atomic E-state index is -1.10. The molecule has 2 aromatic rings. The van der Waals surface area contributed by atoms with Crippen molar-refractivity contribution in [3.05, 3.63) is 42.0 Å². The van der Waals surface area contributed by atoms with E-state index in [-0.39, 0.29) is 23.4 Å². The van der Waals surface area contributed by atoms with Gasteiger partial charge in [0.05, 0.1) is 17.9 Å². The van der Waals surface area contributed by atoms with E-state index in [1.807, 2.05) is 37.3 Å². The number of benzene rings is 1. The predicted molar refractivity (Wildman–Crippen MR) is 124 cm³/mol. The van der Waals surface area contributed by atoms with E-state index in [0.717, 1.165) is 36.1 Å². The van der Waals surface area contributed by atoms with E-state index in [2.05, 4.69) is 6.92 Å². The highest BCUT2D eigenvalue weighted by Crippen LogP contribution is 2.41. The largest absolute Gasteiger partial charge is 0.616 e. The van der Waals surface area contributed by atoms with Gasteiger partial charge in [-0.25, -0.2) is 4.79 Å². The molecule has 1 saturated carbocycles. The predicted octanol–water partition coefficient (Wildman–Crippen LogP) is 5.04. The molecule has 0 bridgehead atoms. The quantitative estimate of drug-likeness (QED) is 0.603. The van der Waals surface area contributed by atoms with Gasteiger partial charge in [0.2, 0.25) is 5.91 Å². The molecular formula is C23H29NO4S2. The van der Waals surface area contributed by atoms with Crippen molar-refractivity contribution >= 4 is 39.4 Å². The van der Waals surface area contributed by atoms with Crippen molar-refractivity contribution in [2.75, 3.05) is 16.9 Å². The Labute approximate surface area is 185 Å². The van der Waals surface area contributed by atoms with E-state index in [9.17, 15) is 19.2 Å². The van der Waals surface area contributed by atoms with Crippen LogP contribution in [0.4, 0.5) is 5.00 Å². The van der Waals surface area contributed by atoms with Gasteiger partial charge < -0.3 is 9.66 Å². The molecule has 2 unspecified atom stereocenters. The topological polar surface area (TPSA) is 80.7 Å². The average molecular weight is 448 g/mol. The number of hydrogen-bond donors (Lipinski definition) is 1. The number of amides is 1. The summed E-state index contributed by atoms with van der Waals surface area (Å²) in [5, 5.41) is 10.3. The smallest absolute Gasteiger partial charge is 0.338 e. The van der Waals surface area contributed by atoms with Gasteiger partial charge in [-0.1, -0.05) is 48.4 Å². The molecule has 1 aliphatic rings. The lowest BCUT2D eigenvalue weighted by Crippen LogP contribution is -2.46. The average Bonchev–Trinajstić information content (AvgIpc) is 3.14. The highest BCUT2D eigenvalue weighted by atomic mass is 32.2. The Morgan fingerprint density at radius 3 is 2.43 bits per heavy atom. The van der Waals surface area contributed by atoms with Crippen LogP contribution in [0.25, 0.3) is 10.4 Å². The zero-order chi connectivity index (χ0) is 21.8. The van der Waals surface area contributed by atoms with Crippen molar-refractivity contribution in [3.8, 4) is 10.4 Å². The number of nitrogens with zero attached hydrogens (tertiary/aromatic N) is 1. The van der Waals surface area contributed by atoms with Crippen LogP contribution in [0.5, 0.6) is 0 Å². The number of carboxylic acid groups (broad SMARTS) is 1. The molecule has 0 radical (unpaired) electrons. The number of hydrogen-bond acceptors (Lipinski definition) is 4. The number of aromatic carboxylic acids is 1. The summed E-state index contributed by atoms with van der Waals surface area (Å²) in [7, 11) is 0. The van der Waals surface area contributed by atoms with E-state index in [1.54, 1.807) is 17.2 Å². The molecule has 1 fully saturated rings. The van der Waals surface area contributed by atoms with E-state index in [1.165, 1.54) is 11.3 Å². The summed E-state index contributed by atoms with van der Waals surface area (Å²) in [6.07, 6.45) is 5.26. The lowest BCUT2D eigenvalue weighted by atomic mass is 9.82. The summed E-state index contributed by atoms with van der Waals surface area (Å²) < 4.78 is 11.9. The van der Waals surface area contributed by atoms with Crippen LogP contribution in [-0.2, 0) is 16.0 Å². The van der Waals surface area contributed by atoms with Gasteiger partial charge >= 0.3 is 5.97 Å². The standard InChI is InChI=1S/C23H29NO4S2/c1-15-9-11-18(12-10-15)21(25)24(16(2)14-30(3)28)22-19(23(26)27)13-20(29-22)17-7-5-4-6-8-17/h4-8,13,15-16,18H,9-12,14H2,1-3H3,(H,26,27)/t15-,16?,18-,30?. The van der Waals surface area contributed by atoms with Crippen LogP contribution in [-0.4, -0.2) is 39.6 Å². The third-order valence-electron chi connectivity index (χ3n) is 5.74. The maximum absolute atomic E-state index is 13.6. The summed E-state index contributed by atoms with van der Waals surface area (Å²) in [5.74, 6) is -0.277. The van der Waals surface area contributed by atoms with Crippen molar-refractivity contribution in [1.82, 2.24) is 0 Å². The van der Waals surface area contributed by atoms with E-state index in [0.29, 0.717) is 16.7 Å². The molecule has 0 spiro atoms. The maximum Gasteiger partial charge on any atom is 0.338 e. The van der Waals surface area contributed by atoms with Gasteiger partial charge in [0.15, 0.2) is 0 Å². The monoisotopic (exact) mass is 447 g/mol. The molecule has 3 rings (SSSR count). The van der Waals surface area contributed by atoms with Crippen LogP contribution in [0, 0.1) is 11.8 Å². The Balaban J connectivity index is 2.03. The molecule has 1 heterocycles. The fraction of sp³-hybridized carbons (Fsp3) is 0.478. The Kier molecular flexibility index (Phi) is 7.60. The number of thiophene rings is 1. The molecule has 162 valence electrons. The lowest BCUT2D eigenvalue weighted by Gasteiger charge is -2.34. The normalized spacial score (nSPS) is 21.1. The molecule has 5 nitrogen and oxygen atoms in total. The number of carbonyl (C=O) groups is 2. The summed E-state index contributed by atoms with van der Waals surface area (Å²) in [6.45, 7) is 4.06. The van der Waals surface area contributed by atoms with Gasteiger partial charge in [-0.15, -0.1) is 11.3 Å². The maximum atomic E-state index is 13.6. The van der Waals surface area contributed by atoms with Crippen LogP contribution < -0.4 is 4.90 Å². The molecule has 1 aliphatic carbocycles. The van der Waals surface area contributed by atoms with Gasteiger partial charge in [0.1, 0.15) is 10.8 Å². The fourth-order valence-electron chi connectivity index (χ4n) is 4.09. The van der Waals surface area contributed by atoms with Crippen molar-refractivity contribution in [2.45, 2.75) is 45.6 Å². The third-order valence-corrected chi connectivity index (χ3v) is 7.87. The third kappa shape index (κ3) is 5.25. The van der Waals surface area contributed by atoms with E-state index in [4.69, 9.17) is 0 Å². The Morgan fingerprint density at radius 2 is 1.87 bits per heavy atom. The highest BCUT2D eigenvalue weighted by molar-refractivity contribution is 7.90. The van der Waals surface area contributed by atoms with Gasteiger partial charge in [-0.2, -0.15) is 0 Å². The summed E-state index contributed by atoms with van der Waals surface area (Å²) >= 11 is 0.222. The SMILES string of the molecule is CC(C[S+](C)[O-])N(c1sc(-c2ccccc2)cc1C(=O)O)C(=O)[C@H]1CC[C@H](C)CC1. The molecular weight excluding hydrogens is 418 g/mol. The van der Waals surface area contributed by atoms with E-state index >= 15 is 0 Å². The zero-order valence-corrected chi connectivity index (χ0v) is 19.3. The molecule has 7 heteroatoms. The second kappa shape index (κ2) is 9.98. The first kappa shape index (κ1) is 22.8. The van der Waals surface area contributed by atoms with Gasteiger partial charge in [-0.3, -0.25) is 9.69 Å². The zero-order valence-electron chi connectivity index (χ0n) is 17.7. The van der Waals surface area contributed by atoms with Gasteiger partial charge in [0.25, 0.3) is 0 Å². The van der Waals surface area contributed by atoms with Crippen LogP contribution >= 0.6 is 11.3 Å². The molecule has 1 aromatic carbocycles. The van der Waals surface area contributed by atoms with Crippen LogP contribution in [0.3, 0.4) is 0 Å². The van der Waals surface area contributed by atoms with Crippen molar-refractivity contribution in [1.29, 1.82) is 0 Å². The second-order valence-electron chi connectivity index (χ2n) is 8.25. The van der Waals surface area contributed by atoms with Crippen LogP contribution in [0.15, 0.2) is 36.4 Å². The summed E-state index contributed by atoms with van der Waals surface area (Å²) in [4.78, 5) is 28.1. The lowest BCUT2D eigenvalue weighted by molar-refractivity contribution is -0.123. The molecule has 1 amide bonds. The Morgan fingerprint density at radius 1 is 1.23 bits per heavy atom. The molecule has 0 saturated heterocycles. The number of carbonyl (C=O) groups excluding carboxylic acids is 1. The van der Waals surface area contributed by atoms with Crippen molar-refractivity contribution < 1.29 is 19.2 Å². The molecule has 30 heavy (non-hydrogen) atoms. The number of carboxylic acids is 1. The minimum absolute atomic E-state index is 0.0381. The van der Waals surface area contributed by atoms with Crippen LogP contribution in [0.1, 0.15) is 49.9 Å². The molecule has 2 atom stereocenters. The van der Waals surface area contributed by atoms with Gasteiger partial charge in [-0.05, 0) is 50.2 Å². The molecule has 1 N–H and O–H groups in total. The fourth-order valence-corrected chi connectivity index (χ4v) is 6.19. The number of anilines is 1. The highest BCUT2D eigenvalue weighted by Gasteiger charge is 2.35. The first-order chi connectivity index (χ1) is 14.3. The van der Waals surface area contributed by atoms with Crippen molar-refractivity contribution in [3.63, 3.8) is 0 Å². The Bertz CT molecular complexity index is 873. The Hall–Kier alpha value is -1.83. The van der Waals surface area contributed by atoms with E-state index < -0.39 is 17.1 Å². The summed E-state index contributed by atoms with van der Waals surface area (Å²) in [6, 6.07) is 10.9. The van der Waals surface area contributed by atoms with Crippen molar-refractivity contribution in [2.24, 2.45) is 11.8 Å². The van der Waals surface area contributed by atoms with Gasteiger partial charge in [0, 0.05) is 10.8 Å². The summed E-state index contributed by atoms with van der Waals surface area (Å²) in [5.41, 5.74) is 1.05. The molecule has 1 aromatic heterocycles. The second-order valence-corrected chi connectivity index (χ2v) is 10.8. The molecule has 0 aliphatic heterocycles. The first-order valence-corrected chi connectivity index (χ1v) is 12.9.